The van der Waals surface area contributed by atoms with Gasteiger partial charge in [0.15, 0.2) is 0 Å². The molecule has 0 spiro atoms. The quantitative estimate of drug-likeness (QED) is 0.705. The van der Waals surface area contributed by atoms with Gasteiger partial charge in [-0.05, 0) is 11.5 Å². The van der Waals surface area contributed by atoms with Crippen molar-refractivity contribution in [2.45, 2.75) is 39.5 Å². The minimum absolute atomic E-state index is 0.0314. The Labute approximate surface area is 103 Å². The van der Waals surface area contributed by atoms with Gasteiger partial charge in [-0.25, -0.2) is 0 Å². The summed E-state index contributed by atoms with van der Waals surface area (Å²) < 4.78 is 0. The minimum Gasteiger partial charge on any atom is -0.299 e. The van der Waals surface area contributed by atoms with Crippen molar-refractivity contribution in [2.24, 2.45) is 5.92 Å². The SMILES string of the molecule is CCC(=O)C(C(=O)CC)C(C)c1ccccc1. The summed E-state index contributed by atoms with van der Waals surface area (Å²) in [6.45, 7) is 5.59. The van der Waals surface area contributed by atoms with Crippen molar-refractivity contribution in [3.63, 3.8) is 0 Å². The second-order valence-electron chi connectivity index (χ2n) is 4.32. The maximum absolute atomic E-state index is 11.9. The molecular weight excluding hydrogens is 212 g/mol. The Balaban J connectivity index is 2.99. The molecule has 0 saturated heterocycles. The van der Waals surface area contributed by atoms with Gasteiger partial charge < -0.3 is 0 Å². The Hall–Kier alpha value is -1.44. The van der Waals surface area contributed by atoms with Crippen LogP contribution < -0.4 is 0 Å². The Kier molecular flexibility index (Phi) is 5.08. The minimum atomic E-state index is -0.479. The maximum Gasteiger partial charge on any atom is 0.143 e. The van der Waals surface area contributed by atoms with E-state index in [1.54, 1.807) is 0 Å². The number of Topliss-reactive ketones (excluding diaryl/α,β-unsaturated/α-hetero) is 2. The average molecular weight is 232 g/mol. The third-order valence-corrected chi connectivity index (χ3v) is 3.22. The highest BCUT2D eigenvalue weighted by Crippen LogP contribution is 2.27. The highest BCUT2D eigenvalue weighted by Gasteiger charge is 2.30. The summed E-state index contributed by atoms with van der Waals surface area (Å²) in [5.74, 6) is -0.412. The van der Waals surface area contributed by atoms with Crippen molar-refractivity contribution in [2.75, 3.05) is 0 Å². The molecule has 92 valence electrons. The monoisotopic (exact) mass is 232 g/mol. The van der Waals surface area contributed by atoms with Crippen LogP contribution in [0.15, 0.2) is 30.3 Å². The van der Waals surface area contributed by atoms with E-state index in [1.165, 1.54) is 0 Å². The summed E-state index contributed by atoms with van der Waals surface area (Å²) in [4.78, 5) is 23.8. The van der Waals surface area contributed by atoms with Crippen LogP contribution in [-0.2, 0) is 9.59 Å². The van der Waals surface area contributed by atoms with Gasteiger partial charge in [-0.3, -0.25) is 9.59 Å². The predicted molar refractivity (Wildman–Crippen MR) is 68.9 cm³/mol. The standard InChI is InChI=1S/C15H20O2/c1-4-13(16)15(14(17)5-2)11(3)12-9-7-6-8-10-12/h6-11,15H,4-5H2,1-3H3. The van der Waals surface area contributed by atoms with Gasteiger partial charge in [0, 0.05) is 12.8 Å². The van der Waals surface area contributed by atoms with Crippen LogP contribution in [0.3, 0.4) is 0 Å². The van der Waals surface area contributed by atoms with E-state index in [9.17, 15) is 9.59 Å². The number of hydrogen-bond acceptors (Lipinski definition) is 2. The molecule has 2 nitrogen and oxygen atoms in total. The molecule has 0 aliphatic heterocycles. The van der Waals surface area contributed by atoms with Crippen LogP contribution in [0.5, 0.6) is 0 Å². The number of rotatable bonds is 6. The Morgan fingerprint density at radius 2 is 1.47 bits per heavy atom. The first-order valence-corrected chi connectivity index (χ1v) is 6.22. The number of ketones is 2. The number of carbonyl (C=O) groups is 2. The molecule has 0 bridgehead atoms. The van der Waals surface area contributed by atoms with Crippen molar-refractivity contribution in [3.8, 4) is 0 Å². The van der Waals surface area contributed by atoms with Crippen molar-refractivity contribution in [1.82, 2.24) is 0 Å². The molecule has 1 aromatic carbocycles. The first kappa shape index (κ1) is 13.6. The summed E-state index contributed by atoms with van der Waals surface area (Å²) in [5, 5.41) is 0. The lowest BCUT2D eigenvalue weighted by atomic mass is 9.80. The maximum atomic E-state index is 11.9. The first-order chi connectivity index (χ1) is 8.11. The van der Waals surface area contributed by atoms with Crippen LogP contribution in [0.2, 0.25) is 0 Å². The van der Waals surface area contributed by atoms with E-state index in [-0.39, 0.29) is 17.5 Å². The van der Waals surface area contributed by atoms with Crippen LogP contribution in [0.1, 0.15) is 45.1 Å². The van der Waals surface area contributed by atoms with Gasteiger partial charge >= 0.3 is 0 Å². The zero-order valence-corrected chi connectivity index (χ0v) is 10.8. The molecule has 1 aromatic rings. The van der Waals surface area contributed by atoms with E-state index in [4.69, 9.17) is 0 Å². The number of benzene rings is 1. The van der Waals surface area contributed by atoms with Crippen LogP contribution in [0, 0.1) is 5.92 Å². The van der Waals surface area contributed by atoms with E-state index in [2.05, 4.69) is 0 Å². The molecule has 1 atom stereocenters. The average Bonchev–Trinajstić information content (AvgIpc) is 2.39. The van der Waals surface area contributed by atoms with Crippen LogP contribution >= 0.6 is 0 Å². The van der Waals surface area contributed by atoms with Crippen molar-refractivity contribution >= 4 is 11.6 Å². The highest BCUT2D eigenvalue weighted by atomic mass is 16.1. The molecule has 0 radical (unpaired) electrons. The Bertz CT molecular complexity index is 365. The van der Waals surface area contributed by atoms with Gasteiger partial charge in [0.05, 0.1) is 5.92 Å². The van der Waals surface area contributed by atoms with E-state index >= 15 is 0 Å². The summed E-state index contributed by atoms with van der Waals surface area (Å²) in [6.07, 6.45) is 0.848. The van der Waals surface area contributed by atoms with Crippen LogP contribution in [0.4, 0.5) is 0 Å². The van der Waals surface area contributed by atoms with Gasteiger partial charge in [0.1, 0.15) is 11.6 Å². The summed E-state index contributed by atoms with van der Waals surface area (Å²) in [5.41, 5.74) is 1.06. The topological polar surface area (TPSA) is 34.1 Å². The van der Waals surface area contributed by atoms with E-state index in [1.807, 2.05) is 51.1 Å². The molecule has 0 fully saturated rings. The molecular formula is C15H20O2. The van der Waals surface area contributed by atoms with Gasteiger partial charge in [0.2, 0.25) is 0 Å². The second-order valence-corrected chi connectivity index (χ2v) is 4.32. The highest BCUT2D eigenvalue weighted by molar-refractivity contribution is 6.03. The molecule has 17 heavy (non-hydrogen) atoms. The molecule has 0 aliphatic rings. The van der Waals surface area contributed by atoms with Crippen molar-refractivity contribution < 1.29 is 9.59 Å². The van der Waals surface area contributed by atoms with Gasteiger partial charge in [-0.15, -0.1) is 0 Å². The van der Waals surface area contributed by atoms with Gasteiger partial charge in [-0.1, -0.05) is 51.1 Å². The van der Waals surface area contributed by atoms with Crippen molar-refractivity contribution in [3.05, 3.63) is 35.9 Å². The fraction of sp³-hybridized carbons (Fsp3) is 0.467. The second kappa shape index (κ2) is 6.33. The summed E-state index contributed by atoms with van der Waals surface area (Å²) >= 11 is 0. The predicted octanol–water partition coefficient (Wildman–Crippen LogP) is 3.36. The third kappa shape index (κ3) is 3.26. The molecule has 1 rings (SSSR count). The third-order valence-electron chi connectivity index (χ3n) is 3.22. The van der Waals surface area contributed by atoms with Crippen LogP contribution in [-0.4, -0.2) is 11.6 Å². The van der Waals surface area contributed by atoms with Crippen molar-refractivity contribution in [1.29, 1.82) is 0 Å². The molecule has 1 unspecified atom stereocenters. The van der Waals surface area contributed by atoms with E-state index in [0.717, 1.165) is 5.56 Å². The van der Waals surface area contributed by atoms with Crippen LogP contribution in [0.25, 0.3) is 0 Å². The lowest BCUT2D eigenvalue weighted by Gasteiger charge is -2.21. The number of carbonyl (C=O) groups excluding carboxylic acids is 2. The van der Waals surface area contributed by atoms with Gasteiger partial charge in [0.25, 0.3) is 0 Å². The van der Waals surface area contributed by atoms with Gasteiger partial charge in [-0.2, -0.15) is 0 Å². The Morgan fingerprint density at radius 1 is 1.00 bits per heavy atom. The molecule has 0 saturated carbocycles. The molecule has 0 aromatic heterocycles. The lowest BCUT2D eigenvalue weighted by molar-refractivity contribution is -0.133. The molecule has 0 heterocycles. The summed E-state index contributed by atoms with van der Waals surface area (Å²) in [6, 6.07) is 9.77. The lowest BCUT2D eigenvalue weighted by Crippen LogP contribution is -2.28. The first-order valence-electron chi connectivity index (χ1n) is 6.22. The molecule has 0 N–H and O–H groups in total. The zero-order valence-electron chi connectivity index (χ0n) is 10.8. The summed E-state index contributed by atoms with van der Waals surface area (Å²) in [7, 11) is 0. The zero-order chi connectivity index (χ0) is 12.8. The van der Waals surface area contributed by atoms with E-state index < -0.39 is 5.92 Å². The normalized spacial score (nSPS) is 12.5. The fourth-order valence-electron chi connectivity index (χ4n) is 2.13. The molecule has 2 heteroatoms. The molecule has 0 aliphatic carbocycles. The fourth-order valence-corrected chi connectivity index (χ4v) is 2.13. The number of hydrogen-bond donors (Lipinski definition) is 0. The Morgan fingerprint density at radius 3 is 1.88 bits per heavy atom. The smallest absolute Gasteiger partial charge is 0.143 e. The largest absolute Gasteiger partial charge is 0.299 e. The van der Waals surface area contributed by atoms with E-state index in [0.29, 0.717) is 12.8 Å². The molecule has 0 amide bonds.